The SMILES string of the molecule is Cn1c(SCC(=O)Nc2cccc(C(F)(F)F)c2)nnc1-c1c[nH]c2ccccc12. The van der Waals surface area contributed by atoms with Crippen LogP contribution in [0.5, 0.6) is 0 Å². The third-order valence-electron chi connectivity index (χ3n) is 4.47. The molecule has 0 atom stereocenters. The van der Waals surface area contributed by atoms with Gasteiger partial charge in [-0.05, 0) is 24.3 Å². The van der Waals surface area contributed by atoms with Crippen molar-refractivity contribution in [2.24, 2.45) is 7.05 Å². The number of anilines is 1. The molecule has 0 saturated heterocycles. The molecule has 0 fully saturated rings. The number of fused-ring (bicyclic) bond motifs is 1. The Labute approximate surface area is 173 Å². The molecule has 0 aliphatic rings. The van der Waals surface area contributed by atoms with Crippen molar-refractivity contribution >= 4 is 34.3 Å². The van der Waals surface area contributed by atoms with Gasteiger partial charge >= 0.3 is 6.18 Å². The molecule has 4 aromatic rings. The van der Waals surface area contributed by atoms with E-state index in [4.69, 9.17) is 0 Å². The van der Waals surface area contributed by atoms with E-state index in [9.17, 15) is 18.0 Å². The van der Waals surface area contributed by atoms with Crippen LogP contribution in [-0.4, -0.2) is 31.4 Å². The largest absolute Gasteiger partial charge is 0.416 e. The number of hydrogen-bond acceptors (Lipinski definition) is 4. The molecule has 2 N–H and O–H groups in total. The molecule has 0 aliphatic carbocycles. The van der Waals surface area contributed by atoms with Crippen LogP contribution < -0.4 is 5.32 Å². The third kappa shape index (κ3) is 4.04. The summed E-state index contributed by atoms with van der Waals surface area (Å²) >= 11 is 1.15. The van der Waals surface area contributed by atoms with Gasteiger partial charge in [0.25, 0.3) is 0 Å². The predicted octanol–water partition coefficient (Wildman–Crippen LogP) is 4.71. The molecule has 30 heavy (non-hydrogen) atoms. The number of rotatable bonds is 5. The predicted molar refractivity (Wildman–Crippen MR) is 109 cm³/mol. The van der Waals surface area contributed by atoms with Gasteiger partial charge in [0.2, 0.25) is 5.91 Å². The van der Waals surface area contributed by atoms with Gasteiger partial charge in [0, 0.05) is 35.4 Å². The zero-order valence-electron chi connectivity index (χ0n) is 15.7. The first-order valence-corrected chi connectivity index (χ1v) is 9.87. The molecule has 2 aromatic heterocycles. The van der Waals surface area contributed by atoms with Crippen molar-refractivity contribution in [1.82, 2.24) is 19.7 Å². The van der Waals surface area contributed by atoms with E-state index in [0.717, 1.165) is 40.4 Å². The number of para-hydroxylation sites is 1. The second-order valence-corrected chi connectivity index (χ2v) is 7.47. The number of amides is 1. The molecule has 4 rings (SSSR count). The van der Waals surface area contributed by atoms with Crippen molar-refractivity contribution in [3.8, 4) is 11.4 Å². The number of aromatic nitrogens is 4. The minimum atomic E-state index is -4.47. The highest BCUT2D eigenvalue weighted by Crippen LogP contribution is 2.31. The van der Waals surface area contributed by atoms with Crippen LogP contribution in [0.25, 0.3) is 22.3 Å². The maximum Gasteiger partial charge on any atom is 0.416 e. The van der Waals surface area contributed by atoms with Gasteiger partial charge in [0.05, 0.1) is 11.3 Å². The third-order valence-corrected chi connectivity index (χ3v) is 5.49. The van der Waals surface area contributed by atoms with E-state index < -0.39 is 17.6 Å². The van der Waals surface area contributed by atoms with Gasteiger partial charge in [-0.3, -0.25) is 4.79 Å². The summed E-state index contributed by atoms with van der Waals surface area (Å²) in [5.74, 6) is 0.194. The summed E-state index contributed by atoms with van der Waals surface area (Å²) in [6.45, 7) is 0. The highest BCUT2D eigenvalue weighted by molar-refractivity contribution is 7.99. The van der Waals surface area contributed by atoms with Crippen LogP contribution in [-0.2, 0) is 18.0 Å². The van der Waals surface area contributed by atoms with Crippen LogP contribution in [0.4, 0.5) is 18.9 Å². The highest BCUT2D eigenvalue weighted by Gasteiger charge is 2.30. The molecule has 1 amide bonds. The summed E-state index contributed by atoms with van der Waals surface area (Å²) in [5, 5.41) is 12.4. The standard InChI is InChI=1S/C20H16F3N5OS/c1-28-18(15-10-24-16-8-3-2-7-14(15)16)26-27-19(28)30-11-17(29)25-13-6-4-5-12(9-13)20(21,22)23/h2-10,24H,11H2,1H3,(H,25,29). The molecule has 0 saturated carbocycles. The van der Waals surface area contributed by atoms with Crippen LogP contribution in [0.1, 0.15) is 5.56 Å². The van der Waals surface area contributed by atoms with Crippen LogP contribution in [0, 0.1) is 0 Å². The molecular formula is C20H16F3N5OS. The second-order valence-electron chi connectivity index (χ2n) is 6.53. The first kappa shape index (κ1) is 20.0. The Morgan fingerprint density at radius 3 is 2.77 bits per heavy atom. The van der Waals surface area contributed by atoms with Crippen LogP contribution >= 0.6 is 11.8 Å². The van der Waals surface area contributed by atoms with E-state index >= 15 is 0 Å². The number of thioether (sulfide) groups is 1. The fraction of sp³-hybridized carbons (Fsp3) is 0.150. The number of aromatic amines is 1. The lowest BCUT2D eigenvalue weighted by Gasteiger charge is -2.09. The molecular weight excluding hydrogens is 415 g/mol. The Balaban J connectivity index is 1.44. The van der Waals surface area contributed by atoms with E-state index in [1.54, 1.807) is 11.6 Å². The quantitative estimate of drug-likeness (QED) is 0.449. The summed E-state index contributed by atoms with van der Waals surface area (Å²) in [6.07, 6.45) is -2.61. The van der Waals surface area contributed by atoms with Crippen LogP contribution in [0.3, 0.4) is 0 Å². The van der Waals surface area contributed by atoms with Crippen molar-refractivity contribution in [3.63, 3.8) is 0 Å². The smallest absolute Gasteiger partial charge is 0.360 e. The number of benzene rings is 2. The zero-order valence-corrected chi connectivity index (χ0v) is 16.5. The summed E-state index contributed by atoms with van der Waals surface area (Å²) in [5.41, 5.74) is 1.14. The molecule has 0 unspecified atom stereocenters. The number of H-pyrrole nitrogens is 1. The normalized spacial score (nSPS) is 11.7. The van der Waals surface area contributed by atoms with Crippen molar-refractivity contribution in [2.45, 2.75) is 11.3 Å². The summed E-state index contributed by atoms with van der Waals surface area (Å²) in [4.78, 5) is 15.4. The minimum Gasteiger partial charge on any atom is -0.360 e. The van der Waals surface area contributed by atoms with Gasteiger partial charge in [0.15, 0.2) is 11.0 Å². The number of carbonyl (C=O) groups is 1. The molecule has 2 aromatic carbocycles. The van der Waals surface area contributed by atoms with Gasteiger partial charge < -0.3 is 14.9 Å². The summed E-state index contributed by atoms with van der Waals surface area (Å²) < 4.78 is 40.2. The van der Waals surface area contributed by atoms with Gasteiger partial charge in [-0.1, -0.05) is 36.0 Å². The Morgan fingerprint density at radius 1 is 1.17 bits per heavy atom. The zero-order chi connectivity index (χ0) is 21.3. The molecule has 0 aliphatic heterocycles. The van der Waals surface area contributed by atoms with Gasteiger partial charge in [-0.25, -0.2) is 0 Å². The Kier molecular flexibility index (Phi) is 5.25. The first-order valence-electron chi connectivity index (χ1n) is 8.89. The fourth-order valence-corrected chi connectivity index (χ4v) is 3.74. The lowest BCUT2D eigenvalue weighted by Crippen LogP contribution is -2.15. The molecule has 0 radical (unpaired) electrons. The summed E-state index contributed by atoms with van der Waals surface area (Å²) in [7, 11) is 1.80. The molecule has 154 valence electrons. The second kappa shape index (κ2) is 7.86. The number of halogens is 3. The minimum absolute atomic E-state index is 0.0178. The average molecular weight is 431 g/mol. The lowest BCUT2D eigenvalue weighted by molar-refractivity contribution is -0.137. The van der Waals surface area contributed by atoms with Crippen molar-refractivity contribution in [3.05, 3.63) is 60.3 Å². The van der Waals surface area contributed by atoms with Crippen molar-refractivity contribution < 1.29 is 18.0 Å². The molecule has 0 spiro atoms. The number of nitrogens with zero attached hydrogens (tertiary/aromatic N) is 3. The Morgan fingerprint density at radius 2 is 1.97 bits per heavy atom. The van der Waals surface area contributed by atoms with E-state index in [1.165, 1.54) is 12.1 Å². The average Bonchev–Trinajstić information content (AvgIpc) is 3.29. The fourth-order valence-electron chi connectivity index (χ4n) is 3.03. The van der Waals surface area contributed by atoms with Crippen molar-refractivity contribution in [2.75, 3.05) is 11.1 Å². The van der Waals surface area contributed by atoms with E-state index in [-0.39, 0.29) is 11.4 Å². The van der Waals surface area contributed by atoms with Crippen LogP contribution in [0.2, 0.25) is 0 Å². The molecule has 2 heterocycles. The van der Waals surface area contributed by atoms with E-state index in [2.05, 4.69) is 20.5 Å². The maximum atomic E-state index is 12.8. The van der Waals surface area contributed by atoms with Gasteiger partial charge in [0.1, 0.15) is 0 Å². The van der Waals surface area contributed by atoms with E-state index in [1.807, 2.05) is 30.5 Å². The monoisotopic (exact) mass is 431 g/mol. The molecule has 6 nitrogen and oxygen atoms in total. The number of hydrogen-bond donors (Lipinski definition) is 2. The van der Waals surface area contributed by atoms with Crippen LogP contribution in [0.15, 0.2) is 59.9 Å². The number of alkyl halides is 3. The summed E-state index contributed by atoms with van der Waals surface area (Å²) in [6, 6.07) is 12.3. The molecule has 0 bridgehead atoms. The van der Waals surface area contributed by atoms with Gasteiger partial charge in [-0.2, -0.15) is 13.2 Å². The molecule has 10 heteroatoms. The van der Waals surface area contributed by atoms with Gasteiger partial charge in [-0.15, -0.1) is 10.2 Å². The maximum absolute atomic E-state index is 12.8. The Bertz CT molecular complexity index is 1210. The highest BCUT2D eigenvalue weighted by atomic mass is 32.2. The topological polar surface area (TPSA) is 75.6 Å². The number of carbonyl (C=O) groups excluding carboxylic acids is 1. The van der Waals surface area contributed by atoms with E-state index in [0.29, 0.717) is 11.0 Å². The lowest BCUT2D eigenvalue weighted by atomic mass is 10.1. The van der Waals surface area contributed by atoms with Crippen molar-refractivity contribution in [1.29, 1.82) is 0 Å². The number of nitrogens with one attached hydrogen (secondary N) is 2. The Hall–Kier alpha value is -3.27. The first-order chi connectivity index (χ1) is 14.3.